The molecule has 1 N–H and O–H groups in total. The number of hydrazine groups is 1. The Kier molecular flexibility index (Phi) is 4.46. The van der Waals surface area contributed by atoms with Crippen LogP contribution in [0.3, 0.4) is 0 Å². The van der Waals surface area contributed by atoms with Crippen molar-refractivity contribution in [3.05, 3.63) is 63.6 Å². The Bertz CT molecular complexity index is 847. The average molecular weight is 363 g/mol. The molecule has 0 spiro atoms. The Morgan fingerprint density at radius 2 is 1.79 bits per heavy atom. The van der Waals surface area contributed by atoms with E-state index in [1.165, 1.54) is 11.1 Å². The van der Waals surface area contributed by atoms with E-state index in [9.17, 15) is 9.59 Å². The van der Waals surface area contributed by atoms with Gasteiger partial charge in [-0.05, 0) is 42.0 Å². The number of amides is 2. The zero-order chi connectivity index (χ0) is 17.3. The van der Waals surface area contributed by atoms with E-state index in [2.05, 4.69) is 5.43 Å². The van der Waals surface area contributed by atoms with Crippen LogP contribution < -0.4 is 15.2 Å². The van der Waals surface area contributed by atoms with Crippen LogP contribution in [0.25, 0.3) is 6.08 Å². The molecule has 1 saturated heterocycles. The summed E-state index contributed by atoms with van der Waals surface area (Å²) in [5.41, 5.74) is 3.53. The lowest BCUT2D eigenvalue weighted by Crippen LogP contribution is -2.35. The topological polar surface area (TPSA) is 58.6 Å². The van der Waals surface area contributed by atoms with Gasteiger partial charge in [-0.15, -0.1) is 0 Å². The number of hydrogen-bond donors (Lipinski definition) is 1. The smallest absolute Gasteiger partial charge is 0.282 e. The summed E-state index contributed by atoms with van der Waals surface area (Å²) in [7, 11) is 1.55. The largest absolute Gasteiger partial charge is 0.497 e. The maximum atomic E-state index is 12.5. The highest BCUT2D eigenvalue weighted by Crippen LogP contribution is 2.29. The fraction of sp³-hybridized carbons (Fsp3) is 0.0588. The molecule has 0 aromatic heterocycles. The molecular formula is C17H12Cl2N2O3. The third kappa shape index (κ3) is 2.96. The van der Waals surface area contributed by atoms with E-state index in [1.54, 1.807) is 49.6 Å². The van der Waals surface area contributed by atoms with Gasteiger partial charge in [0.2, 0.25) is 0 Å². The fourth-order valence-corrected chi connectivity index (χ4v) is 2.62. The van der Waals surface area contributed by atoms with E-state index in [0.717, 1.165) is 0 Å². The van der Waals surface area contributed by atoms with Gasteiger partial charge in [0.15, 0.2) is 0 Å². The second-order valence-electron chi connectivity index (χ2n) is 4.98. The maximum Gasteiger partial charge on any atom is 0.282 e. The lowest BCUT2D eigenvalue weighted by Gasteiger charge is -2.14. The number of methoxy groups -OCH3 is 1. The summed E-state index contributed by atoms with van der Waals surface area (Å²) in [6.07, 6.45) is 1.43. The number of hydrogen-bond acceptors (Lipinski definition) is 3. The van der Waals surface area contributed by atoms with Gasteiger partial charge in [0, 0.05) is 0 Å². The van der Waals surface area contributed by atoms with Crippen molar-refractivity contribution in [3.63, 3.8) is 0 Å². The van der Waals surface area contributed by atoms with Crippen molar-refractivity contribution in [2.45, 2.75) is 0 Å². The molecule has 5 nitrogen and oxygen atoms in total. The van der Waals surface area contributed by atoms with Crippen molar-refractivity contribution < 1.29 is 14.3 Å². The van der Waals surface area contributed by atoms with Gasteiger partial charge < -0.3 is 4.74 Å². The molecular weight excluding hydrogens is 351 g/mol. The first kappa shape index (κ1) is 16.4. The van der Waals surface area contributed by atoms with E-state index in [0.29, 0.717) is 22.0 Å². The second kappa shape index (κ2) is 6.55. The van der Waals surface area contributed by atoms with Crippen molar-refractivity contribution in [1.82, 2.24) is 5.43 Å². The Morgan fingerprint density at radius 3 is 2.46 bits per heavy atom. The maximum absolute atomic E-state index is 12.5. The van der Waals surface area contributed by atoms with Crippen molar-refractivity contribution in [1.29, 1.82) is 0 Å². The number of halogens is 2. The first-order valence-electron chi connectivity index (χ1n) is 6.96. The predicted octanol–water partition coefficient (Wildman–Crippen LogP) is 3.46. The van der Waals surface area contributed by atoms with Crippen LogP contribution in [0.2, 0.25) is 10.0 Å². The van der Waals surface area contributed by atoms with Gasteiger partial charge in [-0.2, -0.15) is 0 Å². The molecule has 24 heavy (non-hydrogen) atoms. The summed E-state index contributed by atoms with van der Waals surface area (Å²) < 4.78 is 5.07. The van der Waals surface area contributed by atoms with Gasteiger partial charge in [-0.3, -0.25) is 15.0 Å². The number of nitrogens with one attached hydrogen (secondary N) is 1. The van der Waals surface area contributed by atoms with Gasteiger partial charge in [-0.1, -0.05) is 35.3 Å². The number of nitrogens with zero attached hydrogens (tertiary/aromatic N) is 1. The summed E-state index contributed by atoms with van der Waals surface area (Å²) in [5.74, 6) is -0.328. The minimum absolute atomic E-state index is 0.0185. The Balaban J connectivity index is 1.94. The molecule has 0 atom stereocenters. The van der Waals surface area contributed by atoms with Gasteiger partial charge >= 0.3 is 0 Å². The molecule has 2 aromatic rings. The van der Waals surface area contributed by atoms with Crippen molar-refractivity contribution in [2.75, 3.05) is 12.1 Å². The standard InChI is InChI=1S/C17H12Cl2N2O3/c1-24-12-7-5-11(6-8-12)21-17(23)13(16(22)20-21)9-10-3-2-4-14(18)15(10)19/h2-9H,1H3,(H,20,22)/b13-9+. The van der Waals surface area contributed by atoms with Gasteiger partial charge in [0.25, 0.3) is 11.8 Å². The summed E-state index contributed by atoms with van der Waals surface area (Å²) >= 11 is 12.1. The van der Waals surface area contributed by atoms with E-state index in [-0.39, 0.29) is 10.6 Å². The molecule has 1 fully saturated rings. The van der Waals surface area contributed by atoms with Gasteiger partial charge in [0.1, 0.15) is 11.3 Å². The zero-order valence-corrected chi connectivity index (χ0v) is 14.1. The normalized spacial score (nSPS) is 15.8. The molecule has 1 heterocycles. The summed E-state index contributed by atoms with van der Waals surface area (Å²) in [6, 6.07) is 11.7. The molecule has 122 valence electrons. The molecule has 1 aliphatic rings. The number of benzene rings is 2. The lowest BCUT2D eigenvalue weighted by atomic mass is 10.1. The van der Waals surface area contributed by atoms with E-state index >= 15 is 0 Å². The number of carbonyl (C=O) groups is 2. The fourth-order valence-electron chi connectivity index (χ4n) is 2.26. The summed E-state index contributed by atoms with van der Waals surface area (Å²) in [6.45, 7) is 0. The minimum Gasteiger partial charge on any atom is -0.497 e. The molecule has 3 rings (SSSR count). The molecule has 0 unspecified atom stereocenters. The van der Waals surface area contributed by atoms with Crippen LogP contribution >= 0.6 is 23.2 Å². The van der Waals surface area contributed by atoms with Crippen LogP contribution in [0.1, 0.15) is 5.56 Å². The highest BCUT2D eigenvalue weighted by Gasteiger charge is 2.34. The van der Waals surface area contributed by atoms with Gasteiger partial charge in [0.05, 0.1) is 22.8 Å². The van der Waals surface area contributed by atoms with E-state index < -0.39 is 11.8 Å². The number of anilines is 1. The molecule has 0 aliphatic carbocycles. The molecule has 2 amide bonds. The monoisotopic (exact) mass is 362 g/mol. The number of rotatable bonds is 3. The second-order valence-corrected chi connectivity index (χ2v) is 5.77. The minimum atomic E-state index is -0.508. The lowest BCUT2D eigenvalue weighted by molar-refractivity contribution is -0.117. The first-order chi connectivity index (χ1) is 11.5. The Morgan fingerprint density at radius 1 is 1.08 bits per heavy atom. The van der Waals surface area contributed by atoms with Crippen LogP contribution in [0, 0.1) is 0 Å². The highest BCUT2D eigenvalue weighted by atomic mass is 35.5. The average Bonchev–Trinajstić information content (AvgIpc) is 2.87. The van der Waals surface area contributed by atoms with E-state index in [1.807, 2.05) is 0 Å². The number of ether oxygens (including phenoxy) is 1. The molecule has 1 aliphatic heterocycles. The molecule has 0 saturated carbocycles. The molecule has 2 aromatic carbocycles. The van der Waals surface area contributed by atoms with Crippen LogP contribution in [0.5, 0.6) is 5.75 Å². The summed E-state index contributed by atoms with van der Waals surface area (Å²) in [4.78, 5) is 24.7. The van der Waals surface area contributed by atoms with Crippen LogP contribution in [-0.2, 0) is 9.59 Å². The predicted molar refractivity (Wildman–Crippen MR) is 93.1 cm³/mol. The SMILES string of the molecule is COc1ccc(N2NC(=O)/C(=C\c3cccc(Cl)c3Cl)C2=O)cc1. The van der Waals surface area contributed by atoms with Gasteiger partial charge in [-0.25, -0.2) is 5.01 Å². The van der Waals surface area contributed by atoms with Crippen molar-refractivity contribution >= 4 is 46.8 Å². The third-order valence-electron chi connectivity index (χ3n) is 3.50. The van der Waals surface area contributed by atoms with Crippen molar-refractivity contribution in [2.24, 2.45) is 0 Å². The Labute approximate surface area is 148 Å². The number of carbonyl (C=O) groups excluding carboxylic acids is 2. The van der Waals surface area contributed by atoms with Crippen LogP contribution in [0.4, 0.5) is 5.69 Å². The summed E-state index contributed by atoms with van der Waals surface area (Å²) in [5, 5.41) is 1.81. The molecule has 0 radical (unpaired) electrons. The molecule has 0 bridgehead atoms. The van der Waals surface area contributed by atoms with Crippen LogP contribution in [0.15, 0.2) is 48.0 Å². The zero-order valence-electron chi connectivity index (χ0n) is 12.5. The third-order valence-corrected chi connectivity index (χ3v) is 4.34. The highest BCUT2D eigenvalue weighted by molar-refractivity contribution is 6.43. The Hall–Kier alpha value is -2.50. The van der Waals surface area contributed by atoms with E-state index in [4.69, 9.17) is 27.9 Å². The van der Waals surface area contributed by atoms with Crippen molar-refractivity contribution in [3.8, 4) is 5.75 Å². The molecule has 7 heteroatoms. The quantitative estimate of drug-likeness (QED) is 0.671. The van der Waals surface area contributed by atoms with Crippen LogP contribution in [-0.4, -0.2) is 18.9 Å². The first-order valence-corrected chi connectivity index (χ1v) is 7.72.